The van der Waals surface area contributed by atoms with Crippen LogP contribution in [-0.4, -0.2) is 58.6 Å². The van der Waals surface area contributed by atoms with Crippen LogP contribution in [0.3, 0.4) is 0 Å². The molecular weight excluding hydrogens is 418 g/mol. The van der Waals surface area contributed by atoms with Gasteiger partial charge in [0.15, 0.2) is 0 Å². The Morgan fingerprint density at radius 3 is 2.55 bits per heavy atom. The molecule has 1 aromatic carbocycles. The van der Waals surface area contributed by atoms with Crippen LogP contribution in [0.4, 0.5) is 11.5 Å². The van der Waals surface area contributed by atoms with Gasteiger partial charge in [-0.05, 0) is 43.7 Å². The molecule has 1 aliphatic rings. The van der Waals surface area contributed by atoms with Crippen molar-refractivity contribution in [3.63, 3.8) is 0 Å². The van der Waals surface area contributed by atoms with Gasteiger partial charge in [0.05, 0.1) is 29.5 Å². The Balaban J connectivity index is 1.91. The fraction of sp³-hybridized carbons (Fsp3) is 0.429. The van der Waals surface area contributed by atoms with Gasteiger partial charge in [-0.1, -0.05) is 6.92 Å². The second-order valence-electron chi connectivity index (χ2n) is 7.40. The van der Waals surface area contributed by atoms with Crippen LogP contribution >= 0.6 is 0 Å². The molecule has 1 amide bonds. The van der Waals surface area contributed by atoms with E-state index in [-0.39, 0.29) is 22.5 Å². The van der Waals surface area contributed by atoms with E-state index in [1.165, 1.54) is 25.4 Å². The second kappa shape index (κ2) is 9.97. The molecule has 9 nitrogen and oxygen atoms in total. The lowest BCUT2D eigenvalue weighted by molar-refractivity contribution is 0.0939. The number of carbonyl (C=O) groups is 1. The number of hydrogen-bond donors (Lipinski definition) is 3. The van der Waals surface area contributed by atoms with Gasteiger partial charge < -0.3 is 20.3 Å². The Morgan fingerprint density at radius 1 is 1.26 bits per heavy atom. The van der Waals surface area contributed by atoms with Crippen molar-refractivity contribution in [3.8, 4) is 5.75 Å². The van der Waals surface area contributed by atoms with Crippen molar-refractivity contribution >= 4 is 27.4 Å². The van der Waals surface area contributed by atoms with Gasteiger partial charge in [0.25, 0.3) is 15.9 Å². The van der Waals surface area contributed by atoms with Gasteiger partial charge in [0.1, 0.15) is 11.6 Å². The maximum atomic E-state index is 13.0. The van der Waals surface area contributed by atoms with E-state index in [9.17, 15) is 13.2 Å². The van der Waals surface area contributed by atoms with E-state index in [4.69, 9.17) is 4.74 Å². The standard InChI is InChI=1S/C21H29N5O4S/c1-4-15(2)24-21(27)19-13-16(14-23-20(19)26-11-9-22-10-12-26)25-31(28,29)18-7-5-17(30-3)6-8-18/h5-8,13-15,22,25H,4,9-12H2,1-3H3,(H,24,27)/t15-/m1/s1. The third-order valence-electron chi connectivity index (χ3n) is 5.14. The summed E-state index contributed by atoms with van der Waals surface area (Å²) in [6.45, 7) is 6.92. The predicted molar refractivity (Wildman–Crippen MR) is 120 cm³/mol. The number of anilines is 2. The molecule has 3 N–H and O–H groups in total. The van der Waals surface area contributed by atoms with Crippen LogP contribution in [0.5, 0.6) is 5.75 Å². The first-order chi connectivity index (χ1) is 14.8. The number of ether oxygens (including phenoxy) is 1. The molecule has 0 aliphatic carbocycles. The highest BCUT2D eigenvalue weighted by Crippen LogP contribution is 2.24. The number of hydrogen-bond acceptors (Lipinski definition) is 7. The largest absolute Gasteiger partial charge is 0.497 e. The summed E-state index contributed by atoms with van der Waals surface area (Å²) in [6.07, 6.45) is 2.23. The van der Waals surface area contributed by atoms with E-state index in [1.54, 1.807) is 18.2 Å². The summed E-state index contributed by atoms with van der Waals surface area (Å²) in [5, 5.41) is 6.22. The van der Waals surface area contributed by atoms with Gasteiger partial charge in [-0.25, -0.2) is 13.4 Å². The van der Waals surface area contributed by atoms with Gasteiger partial charge >= 0.3 is 0 Å². The Hall–Kier alpha value is -2.85. The molecule has 31 heavy (non-hydrogen) atoms. The maximum absolute atomic E-state index is 13.0. The number of sulfonamides is 1. The number of benzene rings is 1. The molecule has 1 aromatic heterocycles. The van der Waals surface area contributed by atoms with Gasteiger partial charge in [-0.3, -0.25) is 9.52 Å². The Bertz CT molecular complexity index is 1000. The predicted octanol–water partition coefficient (Wildman–Crippen LogP) is 1.83. The minimum Gasteiger partial charge on any atom is -0.497 e. The number of amides is 1. The summed E-state index contributed by atoms with van der Waals surface area (Å²) in [4.78, 5) is 19.5. The molecule has 0 spiro atoms. The lowest BCUT2D eigenvalue weighted by Crippen LogP contribution is -2.45. The number of piperazine rings is 1. The number of nitrogens with one attached hydrogen (secondary N) is 3. The van der Waals surface area contributed by atoms with Crippen molar-refractivity contribution in [2.24, 2.45) is 0 Å². The van der Waals surface area contributed by atoms with Crippen molar-refractivity contribution in [2.75, 3.05) is 42.9 Å². The van der Waals surface area contributed by atoms with E-state index in [2.05, 4.69) is 20.3 Å². The van der Waals surface area contributed by atoms with Crippen LogP contribution in [0, 0.1) is 0 Å². The van der Waals surface area contributed by atoms with Gasteiger partial charge in [0.2, 0.25) is 0 Å². The summed E-state index contributed by atoms with van der Waals surface area (Å²) in [6, 6.07) is 7.60. The van der Waals surface area contributed by atoms with Crippen LogP contribution in [0.15, 0.2) is 41.4 Å². The maximum Gasteiger partial charge on any atom is 0.261 e. The second-order valence-corrected chi connectivity index (χ2v) is 9.08. The highest BCUT2D eigenvalue weighted by Gasteiger charge is 2.23. The lowest BCUT2D eigenvalue weighted by Gasteiger charge is -2.30. The molecule has 2 heterocycles. The number of nitrogens with zero attached hydrogens (tertiary/aromatic N) is 2. The van der Waals surface area contributed by atoms with E-state index in [0.29, 0.717) is 30.2 Å². The molecule has 1 atom stereocenters. The van der Waals surface area contributed by atoms with Crippen molar-refractivity contribution in [1.82, 2.24) is 15.6 Å². The fourth-order valence-electron chi connectivity index (χ4n) is 3.18. The SMILES string of the molecule is CC[C@@H](C)NC(=O)c1cc(NS(=O)(=O)c2ccc(OC)cc2)cnc1N1CCNCC1. The molecule has 168 valence electrons. The first-order valence-corrected chi connectivity index (χ1v) is 11.8. The van der Waals surface area contributed by atoms with Gasteiger partial charge in [0, 0.05) is 32.2 Å². The first-order valence-electron chi connectivity index (χ1n) is 10.3. The summed E-state index contributed by atoms with van der Waals surface area (Å²) >= 11 is 0. The number of pyridine rings is 1. The average molecular weight is 448 g/mol. The minimum atomic E-state index is -3.85. The van der Waals surface area contributed by atoms with Crippen molar-refractivity contribution in [2.45, 2.75) is 31.2 Å². The lowest BCUT2D eigenvalue weighted by atomic mass is 10.1. The van der Waals surface area contributed by atoms with Crippen LogP contribution in [-0.2, 0) is 10.0 Å². The number of carbonyl (C=O) groups excluding carboxylic acids is 1. The molecule has 1 aliphatic heterocycles. The molecule has 0 bridgehead atoms. The van der Waals surface area contributed by atoms with Crippen molar-refractivity contribution in [1.29, 1.82) is 0 Å². The highest BCUT2D eigenvalue weighted by atomic mass is 32.2. The van der Waals surface area contributed by atoms with Crippen LogP contribution < -0.4 is 25.0 Å². The highest BCUT2D eigenvalue weighted by molar-refractivity contribution is 7.92. The zero-order valence-corrected chi connectivity index (χ0v) is 18.8. The third-order valence-corrected chi connectivity index (χ3v) is 6.54. The molecule has 0 radical (unpaired) electrons. The van der Waals surface area contributed by atoms with Crippen molar-refractivity contribution < 1.29 is 17.9 Å². The molecule has 1 fully saturated rings. The van der Waals surface area contributed by atoms with E-state index >= 15 is 0 Å². The summed E-state index contributed by atoms with van der Waals surface area (Å²) in [5.74, 6) is 0.834. The smallest absolute Gasteiger partial charge is 0.261 e. The Morgan fingerprint density at radius 2 is 1.94 bits per heavy atom. The number of methoxy groups -OCH3 is 1. The zero-order chi connectivity index (χ0) is 22.4. The van der Waals surface area contributed by atoms with Crippen LogP contribution in [0.25, 0.3) is 0 Å². The summed E-state index contributed by atoms with van der Waals surface area (Å²) in [5.41, 5.74) is 0.570. The molecule has 2 aromatic rings. The van der Waals surface area contributed by atoms with E-state index < -0.39 is 10.0 Å². The summed E-state index contributed by atoms with van der Waals surface area (Å²) < 4.78 is 33.2. The quantitative estimate of drug-likeness (QED) is 0.566. The Kier molecular flexibility index (Phi) is 7.34. The molecular formula is C21H29N5O4S. The van der Waals surface area contributed by atoms with Crippen LogP contribution in [0.1, 0.15) is 30.6 Å². The zero-order valence-electron chi connectivity index (χ0n) is 18.0. The van der Waals surface area contributed by atoms with E-state index in [0.717, 1.165) is 19.5 Å². The van der Waals surface area contributed by atoms with Crippen LogP contribution in [0.2, 0.25) is 0 Å². The van der Waals surface area contributed by atoms with Gasteiger partial charge in [-0.15, -0.1) is 0 Å². The van der Waals surface area contributed by atoms with E-state index in [1.807, 2.05) is 18.7 Å². The first kappa shape index (κ1) is 22.8. The van der Waals surface area contributed by atoms with Gasteiger partial charge in [-0.2, -0.15) is 0 Å². The third kappa shape index (κ3) is 5.65. The average Bonchev–Trinajstić information content (AvgIpc) is 2.79. The monoisotopic (exact) mass is 447 g/mol. The minimum absolute atomic E-state index is 0.0111. The fourth-order valence-corrected chi connectivity index (χ4v) is 4.22. The molecule has 0 unspecified atom stereocenters. The molecule has 3 rings (SSSR count). The van der Waals surface area contributed by atoms with Crippen molar-refractivity contribution in [3.05, 3.63) is 42.1 Å². The molecule has 1 saturated heterocycles. The molecule has 10 heteroatoms. The Labute approximate surface area is 183 Å². The molecule has 0 saturated carbocycles. The normalized spacial score (nSPS) is 15.3. The topological polar surface area (TPSA) is 113 Å². The number of rotatable bonds is 8. The summed E-state index contributed by atoms with van der Waals surface area (Å²) in [7, 11) is -2.33. The number of aromatic nitrogens is 1.